The number of hydrogen-bond donors (Lipinski definition) is 2. The Kier molecular flexibility index (Phi) is 6.26. The van der Waals surface area contributed by atoms with E-state index in [2.05, 4.69) is 33.2 Å². The van der Waals surface area contributed by atoms with Gasteiger partial charge in [-0.25, -0.2) is 0 Å². The van der Waals surface area contributed by atoms with E-state index in [1.54, 1.807) is 6.20 Å². The fourth-order valence-electron chi connectivity index (χ4n) is 2.10. The van der Waals surface area contributed by atoms with Gasteiger partial charge in [-0.05, 0) is 47.0 Å². The average Bonchev–Trinajstić information content (AvgIpc) is 2.49. The first kappa shape index (κ1) is 16.0. The summed E-state index contributed by atoms with van der Waals surface area (Å²) < 4.78 is 6.49. The van der Waals surface area contributed by atoms with Gasteiger partial charge in [0.15, 0.2) is 0 Å². The maximum atomic E-state index is 6.01. The summed E-state index contributed by atoms with van der Waals surface area (Å²) in [6.07, 6.45) is 5.08. The van der Waals surface area contributed by atoms with E-state index >= 15 is 0 Å². The Morgan fingerprint density at radius 2 is 2.10 bits per heavy atom. The van der Waals surface area contributed by atoms with Crippen molar-refractivity contribution < 1.29 is 4.74 Å². The van der Waals surface area contributed by atoms with Crippen LogP contribution in [0.5, 0.6) is 0 Å². The molecule has 0 atom stereocenters. The summed E-state index contributed by atoms with van der Waals surface area (Å²) in [5, 5.41) is 4.38. The maximum Gasteiger partial charge on any atom is 0.0954 e. The number of hydrogen-bond acceptors (Lipinski definition) is 4. The van der Waals surface area contributed by atoms with Crippen LogP contribution in [0.2, 0.25) is 0 Å². The van der Waals surface area contributed by atoms with E-state index in [0.29, 0.717) is 0 Å². The van der Waals surface area contributed by atoms with Gasteiger partial charge in [0.05, 0.1) is 11.2 Å². The number of nitrogens with two attached hydrogens (primary N) is 1. The highest BCUT2D eigenvalue weighted by molar-refractivity contribution is 9.10. The molecule has 0 aliphatic heterocycles. The fraction of sp³-hybridized carbons (Fsp3) is 0.438. The molecule has 114 valence electrons. The van der Waals surface area contributed by atoms with E-state index in [-0.39, 0.29) is 0 Å². The second-order valence-corrected chi connectivity index (χ2v) is 5.91. The van der Waals surface area contributed by atoms with Gasteiger partial charge in [0, 0.05) is 41.5 Å². The van der Waals surface area contributed by atoms with Gasteiger partial charge < -0.3 is 15.8 Å². The van der Waals surface area contributed by atoms with Crippen LogP contribution in [0.15, 0.2) is 28.9 Å². The molecule has 1 aromatic carbocycles. The molecule has 2 aromatic rings. The summed E-state index contributed by atoms with van der Waals surface area (Å²) in [6, 6.07) is 5.89. The van der Waals surface area contributed by atoms with Gasteiger partial charge in [-0.2, -0.15) is 0 Å². The van der Waals surface area contributed by atoms with Crippen LogP contribution in [0.3, 0.4) is 0 Å². The van der Waals surface area contributed by atoms with Crippen molar-refractivity contribution in [1.82, 2.24) is 4.98 Å². The first-order valence-electron chi connectivity index (χ1n) is 7.37. The lowest BCUT2D eigenvalue weighted by molar-refractivity contribution is 0.131. The highest BCUT2D eigenvalue weighted by Crippen LogP contribution is 2.28. The number of fused-ring (bicyclic) bond motifs is 1. The zero-order valence-electron chi connectivity index (χ0n) is 12.4. The lowest BCUT2D eigenvalue weighted by atomic mass is 10.1. The number of unbranched alkanes of at least 4 members (excludes halogenated alkanes) is 1. The third-order valence-electron chi connectivity index (χ3n) is 3.27. The molecule has 5 heteroatoms. The molecule has 0 bridgehead atoms. The molecule has 0 radical (unpaired) electrons. The molecule has 1 aromatic heterocycles. The molecule has 0 saturated carbocycles. The summed E-state index contributed by atoms with van der Waals surface area (Å²) in [5.41, 5.74) is 8.67. The minimum Gasteiger partial charge on any atom is -0.398 e. The van der Waals surface area contributed by atoms with Crippen molar-refractivity contribution in [3.05, 3.63) is 28.9 Å². The van der Waals surface area contributed by atoms with Gasteiger partial charge in [0.1, 0.15) is 0 Å². The molecule has 0 spiro atoms. The van der Waals surface area contributed by atoms with E-state index < -0.39 is 0 Å². The SMILES string of the molecule is CCCCOCCCNc1ccc(N)c2cc(Br)cnc12. The molecule has 0 unspecified atom stereocenters. The fourth-order valence-corrected chi connectivity index (χ4v) is 2.44. The molecule has 0 saturated heterocycles. The second-order valence-electron chi connectivity index (χ2n) is 5.00. The van der Waals surface area contributed by atoms with E-state index in [1.165, 1.54) is 6.42 Å². The van der Waals surface area contributed by atoms with Gasteiger partial charge in [0.25, 0.3) is 0 Å². The van der Waals surface area contributed by atoms with Crippen molar-refractivity contribution in [2.75, 3.05) is 30.8 Å². The van der Waals surface area contributed by atoms with Crippen molar-refractivity contribution in [1.29, 1.82) is 0 Å². The third kappa shape index (κ3) is 4.58. The molecule has 0 amide bonds. The summed E-state index contributed by atoms with van der Waals surface area (Å²) in [6.45, 7) is 4.68. The van der Waals surface area contributed by atoms with Crippen LogP contribution in [0.4, 0.5) is 11.4 Å². The topological polar surface area (TPSA) is 60.2 Å². The Bertz CT molecular complexity index is 589. The zero-order chi connectivity index (χ0) is 15.1. The van der Waals surface area contributed by atoms with Crippen LogP contribution in [-0.4, -0.2) is 24.7 Å². The zero-order valence-corrected chi connectivity index (χ0v) is 13.9. The van der Waals surface area contributed by atoms with E-state index in [9.17, 15) is 0 Å². The predicted octanol–water partition coefficient (Wildman–Crippen LogP) is 4.20. The van der Waals surface area contributed by atoms with Gasteiger partial charge in [0.2, 0.25) is 0 Å². The number of pyridine rings is 1. The average molecular weight is 352 g/mol. The van der Waals surface area contributed by atoms with Crippen LogP contribution in [0.1, 0.15) is 26.2 Å². The molecule has 2 rings (SSSR count). The number of aromatic nitrogens is 1. The van der Waals surface area contributed by atoms with Crippen LogP contribution in [0.25, 0.3) is 10.9 Å². The van der Waals surface area contributed by atoms with Crippen molar-refractivity contribution in [2.45, 2.75) is 26.2 Å². The number of nitrogens with one attached hydrogen (secondary N) is 1. The summed E-state index contributed by atoms with van der Waals surface area (Å²) in [7, 11) is 0. The first-order valence-corrected chi connectivity index (χ1v) is 8.17. The molecule has 1 heterocycles. The van der Waals surface area contributed by atoms with Crippen molar-refractivity contribution >= 4 is 38.2 Å². The number of halogens is 1. The van der Waals surface area contributed by atoms with Crippen molar-refractivity contribution in [2.24, 2.45) is 0 Å². The third-order valence-corrected chi connectivity index (χ3v) is 3.71. The summed E-state index contributed by atoms with van der Waals surface area (Å²) in [5.74, 6) is 0. The quantitative estimate of drug-likeness (QED) is 0.552. The molecule has 4 nitrogen and oxygen atoms in total. The normalized spacial score (nSPS) is 11.0. The minimum absolute atomic E-state index is 0.743. The van der Waals surface area contributed by atoms with Crippen molar-refractivity contribution in [3.63, 3.8) is 0 Å². The Hall–Kier alpha value is -1.33. The van der Waals surface area contributed by atoms with Crippen LogP contribution < -0.4 is 11.1 Å². The van der Waals surface area contributed by atoms with E-state index in [0.717, 1.165) is 59.4 Å². The monoisotopic (exact) mass is 351 g/mol. The first-order chi connectivity index (χ1) is 10.2. The van der Waals surface area contributed by atoms with Crippen LogP contribution in [-0.2, 0) is 4.74 Å². The van der Waals surface area contributed by atoms with Crippen LogP contribution >= 0.6 is 15.9 Å². The number of nitrogen functional groups attached to an aromatic ring is 1. The number of nitrogens with zero attached hydrogens (tertiary/aromatic N) is 1. The van der Waals surface area contributed by atoms with Gasteiger partial charge in [-0.3, -0.25) is 4.98 Å². The number of benzene rings is 1. The Morgan fingerprint density at radius 3 is 2.90 bits per heavy atom. The minimum atomic E-state index is 0.743. The van der Waals surface area contributed by atoms with Gasteiger partial charge >= 0.3 is 0 Å². The Balaban J connectivity index is 1.92. The molecule has 21 heavy (non-hydrogen) atoms. The molecular formula is C16H22BrN3O. The van der Waals surface area contributed by atoms with Gasteiger partial charge in [-0.15, -0.1) is 0 Å². The summed E-state index contributed by atoms with van der Waals surface area (Å²) in [4.78, 5) is 4.46. The maximum absolute atomic E-state index is 6.01. The molecular weight excluding hydrogens is 330 g/mol. The summed E-state index contributed by atoms with van der Waals surface area (Å²) >= 11 is 3.43. The lowest BCUT2D eigenvalue weighted by Gasteiger charge is -2.11. The molecule has 0 aliphatic carbocycles. The number of rotatable bonds is 8. The highest BCUT2D eigenvalue weighted by Gasteiger charge is 2.05. The Morgan fingerprint density at radius 1 is 1.29 bits per heavy atom. The highest BCUT2D eigenvalue weighted by atomic mass is 79.9. The molecule has 0 aliphatic rings. The second kappa shape index (κ2) is 8.20. The van der Waals surface area contributed by atoms with Crippen molar-refractivity contribution in [3.8, 4) is 0 Å². The van der Waals surface area contributed by atoms with Crippen LogP contribution in [0, 0.1) is 0 Å². The van der Waals surface area contributed by atoms with E-state index in [4.69, 9.17) is 10.5 Å². The molecule has 0 fully saturated rings. The molecule has 3 N–H and O–H groups in total. The standard InChI is InChI=1S/C16H22BrN3O/c1-2-3-8-21-9-4-7-19-15-6-5-14(18)13-10-12(17)11-20-16(13)15/h5-6,10-11,19H,2-4,7-9,18H2,1H3. The Labute approximate surface area is 134 Å². The van der Waals surface area contributed by atoms with Gasteiger partial charge in [-0.1, -0.05) is 13.3 Å². The number of ether oxygens (including phenoxy) is 1. The van der Waals surface area contributed by atoms with E-state index in [1.807, 2.05) is 18.2 Å². The number of anilines is 2. The largest absolute Gasteiger partial charge is 0.398 e. The predicted molar refractivity (Wildman–Crippen MR) is 92.7 cm³/mol. The smallest absolute Gasteiger partial charge is 0.0954 e. The lowest BCUT2D eigenvalue weighted by Crippen LogP contribution is -2.07.